The van der Waals surface area contributed by atoms with E-state index in [4.69, 9.17) is 0 Å². The van der Waals surface area contributed by atoms with Gasteiger partial charge >= 0.3 is 0 Å². The maximum absolute atomic E-state index is 12.6. The first-order valence-electron chi connectivity index (χ1n) is 11.1. The van der Waals surface area contributed by atoms with E-state index in [1.54, 1.807) is 12.1 Å². The summed E-state index contributed by atoms with van der Waals surface area (Å²) in [7, 11) is 0. The van der Waals surface area contributed by atoms with Crippen molar-refractivity contribution in [2.75, 3.05) is 38.0 Å². The number of hydrogen-bond donors (Lipinski definition) is 2. The third-order valence-electron chi connectivity index (χ3n) is 5.87. The molecule has 2 aromatic carbocycles. The molecule has 0 aliphatic carbocycles. The molecule has 0 bridgehead atoms. The Balaban J connectivity index is 1.40. The van der Waals surface area contributed by atoms with Gasteiger partial charge in [-0.1, -0.05) is 30.3 Å². The number of carbonyl (C=O) groups is 3. The molecule has 0 radical (unpaired) electrons. The molecule has 1 atom stereocenters. The van der Waals surface area contributed by atoms with Crippen molar-refractivity contribution in [3.05, 3.63) is 65.2 Å². The van der Waals surface area contributed by atoms with E-state index >= 15 is 0 Å². The molecule has 7 heteroatoms. The largest absolute Gasteiger partial charge is 0.349 e. The number of aryl methyl sites for hydroxylation is 1. The number of piperazine rings is 1. The molecule has 32 heavy (non-hydrogen) atoms. The van der Waals surface area contributed by atoms with E-state index in [9.17, 15) is 14.4 Å². The zero-order valence-corrected chi connectivity index (χ0v) is 19.1. The minimum absolute atomic E-state index is 0.0188. The van der Waals surface area contributed by atoms with Crippen LogP contribution in [0.2, 0.25) is 0 Å². The maximum atomic E-state index is 12.6. The second-order valence-corrected chi connectivity index (χ2v) is 8.40. The van der Waals surface area contributed by atoms with Gasteiger partial charge in [0.25, 0.3) is 5.91 Å². The summed E-state index contributed by atoms with van der Waals surface area (Å²) in [6.07, 6.45) is 0.256. The molecule has 2 aromatic rings. The fraction of sp³-hybridized carbons (Fsp3) is 0.400. The summed E-state index contributed by atoms with van der Waals surface area (Å²) in [5, 5.41) is 5.87. The summed E-state index contributed by atoms with van der Waals surface area (Å²) >= 11 is 0. The van der Waals surface area contributed by atoms with Crippen LogP contribution in [0.1, 0.15) is 34.8 Å². The van der Waals surface area contributed by atoms with Gasteiger partial charge in [0.1, 0.15) is 0 Å². The Hall–Kier alpha value is -3.19. The van der Waals surface area contributed by atoms with Crippen molar-refractivity contribution in [3.8, 4) is 0 Å². The Labute approximate surface area is 189 Å². The van der Waals surface area contributed by atoms with E-state index in [0.29, 0.717) is 38.3 Å². The highest BCUT2D eigenvalue weighted by atomic mass is 16.2. The van der Waals surface area contributed by atoms with Crippen molar-refractivity contribution in [2.45, 2.75) is 33.2 Å². The lowest BCUT2D eigenvalue weighted by atomic mass is 10.1. The summed E-state index contributed by atoms with van der Waals surface area (Å²) in [4.78, 5) is 41.2. The minimum atomic E-state index is -0.253. The molecule has 0 spiro atoms. The van der Waals surface area contributed by atoms with Crippen LogP contribution in [0.5, 0.6) is 0 Å². The van der Waals surface area contributed by atoms with Crippen LogP contribution in [0.15, 0.2) is 48.5 Å². The van der Waals surface area contributed by atoms with Crippen molar-refractivity contribution in [2.24, 2.45) is 0 Å². The van der Waals surface area contributed by atoms with Gasteiger partial charge in [0.2, 0.25) is 11.8 Å². The molecule has 3 rings (SSSR count). The van der Waals surface area contributed by atoms with Crippen LogP contribution in [-0.4, -0.2) is 66.3 Å². The van der Waals surface area contributed by atoms with E-state index in [1.807, 2.05) is 62.1 Å². The molecule has 1 heterocycles. The third kappa shape index (κ3) is 6.40. The Morgan fingerprint density at radius 1 is 0.938 bits per heavy atom. The van der Waals surface area contributed by atoms with Gasteiger partial charge in [-0.05, 0) is 50.1 Å². The number of nitrogens with zero attached hydrogens (tertiary/aromatic N) is 2. The smallest absolute Gasteiger partial charge is 0.251 e. The topological polar surface area (TPSA) is 81.8 Å². The summed E-state index contributed by atoms with van der Waals surface area (Å²) in [6, 6.07) is 14.6. The van der Waals surface area contributed by atoms with E-state index in [0.717, 1.165) is 16.8 Å². The summed E-state index contributed by atoms with van der Waals surface area (Å²) in [5.74, 6) is -0.202. The summed E-state index contributed by atoms with van der Waals surface area (Å²) < 4.78 is 0. The molecule has 1 saturated heterocycles. The van der Waals surface area contributed by atoms with Crippen LogP contribution < -0.4 is 10.6 Å². The number of carbonyl (C=O) groups excluding carboxylic acids is 3. The van der Waals surface area contributed by atoms with E-state index in [1.165, 1.54) is 0 Å². The normalized spacial score (nSPS) is 15.2. The number of amides is 3. The van der Waals surface area contributed by atoms with Crippen molar-refractivity contribution in [3.63, 3.8) is 0 Å². The molecule has 1 fully saturated rings. The highest BCUT2D eigenvalue weighted by Gasteiger charge is 2.24. The van der Waals surface area contributed by atoms with Gasteiger partial charge in [0.15, 0.2) is 0 Å². The second kappa shape index (κ2) is 10.9. The maximum Gasteiger partial charge on any atom is 0.251 e. The van der Waals surface area contributed by atoms with Gasteiger partial charge in [-0.3, -0.25) is 19.3 Å². The lowest BCUT2D eigenvalue weighted by Crippen LogP contribution is -2.51. The molecule has 0 saturated carbocycles. The fourth-order valence-electron chi connectivity index (χ4n) is 3.77. The van der Waals surface area contributed by atoms with Gasteiger partial charge in [-0.25, -0.2) is 0 Å². The number of benzene rings is 2. The van der Waals surface area contributed by atoms with Crippen LogP contribution in [0, 0.1) is 13.8 Å². The van der Waals surface area contributed by atoms with Crippen LogP contribution in [0.3, 0.4) is 0 Å². The Kier molecular flexibility index (Phi) is 8.00. The average molecular weight is 437 g/mol. The molecule has 1 unspecified atom stereocenters. The summed E-state index contributed by atoms with van der Waals surface area (Å²) in [6.45, 7) is 8.62. The molecule has 3 amide bonds. The standard InChI is InChI=1S/C25H32N4O3/c1-18-8-7-11-22(20(18)3)27-23(30)17-28-12-14-29(15-13-28)24(31)16-19(2)26-25(32)21-9-5-4-6-10-21/h4-11,19H,12-17H2,1-3H3,(H,26,32)(H,27,30). The van der Waals surface area contributed by atoms with Gasteiger partial charge < -0.3 is 15.5 Å². The second-order valence-electron chi connectivity index (χ2n) is 8.40. The predicted octanol–water partition coefficient (Wildman–Crippen LogP) is 2.59. The van der Waals surface area contributed by atoms with Crippen molar-refractivity contribution >= 4 is 23.4 Å². The molecule has 1 aliphatic heterocycles. The Bertz CT molecular complexity index is 953. The molecule has 7 nitrogen and oxygen atoms in total. The number of anilines is 1. The highest BCUT2D eigenvalue weighted by Crippen LogP contribution is 2.18. The number of nitrogens with one attached hydrogen (secondary N) is 2. The minimum Gasteiger partial charge on any atom is -0.349 e. The molecule has 170 valence electrons. The quantitative estimate of drug-likeness (QED) is 0.699. The van der Waals surface area contributed by atoms with Crippen LogP contribution in [0.25, 0.3) is 0 Å². The molecular weight excluding hydrogens is 404 g/mol. The fourth-order valence-corrected chi connectivity index (χ4v) is 3.77. The highest BCUT2D eigenvalue weighted by molar-refractivity contribution is 5.94. The first-order valence-corrected chi connectivity index (χ1v) is 11.1. The van der Waals surface area contributed by atoms with E-state index in [2.05, 4.69) is 15.5 Å². The number of rotatable bonds is 7. The van der Waals surface area contributed by atoms with Gasteiger partial charge in [-0.15, -0.1) is 0 Å². The molecule has 1 aliphatic rings. The lowest BCUT2D eigenvalue weighted by Gasteiger charge is -2.35. The SMILES string of the molecule is Cc1cccc(NC(=O)CN2CCN(C(=O)CC(C)NC(=O)c3ccccc3)CC2)c1C. The van der Waals surface area contributed by atoms with Gasteiger partial charge in [0.05, 0.1) is 6.54 Å². The molecule has 2 N–H and O–H groups in total. The monoisotopic (exact) mass is 436 g/mol. The third-order valence-corrected chi connectivity index (χ3v) is 5.87. The van der Waals surface area contributed by atoms with Crippen molar-refractivity contribution < 1.29 is 14.4 Å². The van der Waals surface area contributed by atoms with Crippen molar-refractivity contribution in [1.82, 2.24) is 15.1 Å². The van der Waals surface area contributed by atoms with Crippen LogP contribution in [0.4, 0.5) is 5.69 Å². The molecule has 0 aromatic heterocycles. The van der Waals surface area contributed by atoms with Gasteiger partial charge in [-0.2, -0.15) is 0 Å². The van der Waals surface area contributed by atoms with E-state index in [-0.39, 0.29) is 30.2 Å². The number of hydrogen-bond acceptors (Lipinski definition) is 4. The zero-order valence-electron chi connectivity index (χ0n) is 19.1. The lowest BCUT2D eigenvalue weighted by molar-refractivity contribution is -0.133. The Morgan fingerprint density at radius 2 is 1.62 bits per heavy atom. The average Bonchev–Trinajstić information content (AvgIpc) is 2.78. The van der Waals surface area contributed by atoms with Crippen molar-refractivity contribution in [1.29, 1.82) is 0 Å². The predicted molar refractivity (Wildman–Crippen MR) is 126 cm³/mol. The first kappa shape index (κ1) is 23.5. The van der Waals surface area contributed by atoms with Gasteiger partial charge in [0, 0.05) is 49.9 Å². The summed E-state index contributed by atoms with van der Waals surface area (Å²) in [5.41, 5.74) is 3.64. The molecular formula is C25H32N4O3. The Morgan fingerprint density at radius 3 is 2.31 bits per heavy atom. The first-order chi connectivity index (χ1) is 15.3. The zero-order chi connectivity index (χ0) is 23.1. The van der Waals surface area contributed by atoms with Crippen LogP contribution in [-0.2, 0) is 9.59 Å². The van der Waals surface area contributed by atoms with Crippen LogP contribution >= 0.6 is 0 Å². The van der Waals surface area contributed by atoms with E-state index < -0.39 is 0 Å².